The van der Waals surface area contributed by atoms with Gasteiger partial charge >= 0.3 is 0 Å². The summed E-state index contributed by atoms with van der Waals surface area (Å²) in [5.41, 5.74) is 1.56. The van der Waals surface area contributed by atoms with Crippen LogP contribution in [0.5, 0.6) is 0 Å². The fourth-order valence-corrected chi connectivity index (χ4v) is 3.90. The first-order valence-corrected chi connectivity index (χ1v) is 8.78. The molecule has 1 unspecified atom stereocenters. The molecule has 1 aromatic rings. The summed E-state index contributed by atoms with van der Waals surface area (Å²) in [7, 11) is 0. The van der Waals surface area contributed by atoms with Crippen LogP contribution in [-0.4, -0.2) is 29.6 Å². The highest BCUT2D eigenvalue weighted by atomic mass is 35.5. The van der Waals surface area contributed by atoms with Gasteiger partial charge in [-0.1, -0.05) is 43.6 Å². The summed E-state index contributed by atoms with van der Waals surface area (Å²) in [4.78, 5) is 2.70. The highest BCUT2D eigenvalue weighted by molar-refractivity contribution is 6.31. The molecule has 1 atom stereocenters. The quantitative estimate of drug-likeness (QED) is 0.881. The van der Waals surface area contributed by atoms with E-state index in [4.69, 9.17) is 11.6 Å². The van der Waals surface area contributed by atoms with Crippen LogP contribution in [0.3, 0.4) is 0 Å². The Morgan fingerprint density at radius 2 is 1.95 bits per heavy atom. The summed E-state index contributed by atoms with van der Waals surface area (Å²) in [6, 6.07) is 8.99. The first-order valence-electron chi connectivity index (χ1n) is 8.40. The van der Waals surface area contributed by atoms with Gasteiger partial charge in [0.2, 0.25) is 0 Å². The molecular weight excluding hydrogens is 280 g/mol. The van der Waals surface area contributed by atoms with Gasteiger partial charge in [-0.3, -0.25) is 4.90 Å². The number of benzene rings is 1. The van der Waals surface area contributed by atoms with Crippen molar-refractivity contribution in [3.63, 3.8) is 0 Å². The molecule has 116 valence electrons. The number of halogens is 1. The lowest BCUT2D eigenvalue weighted by Gasteiger charge is -2.48. The van der Waals surface area contributed by atoms with E-state index in [0.29, 0.717) is 6.04 Å². The molecular formula is C18H27ClN2. The van der Waals surface area contributed by atoms with E-state index in [1.807, 2.05) is 12.1 Å². The van der Waals surface area contributed by atoms with Crippen molar-refractivity contribution in [3.8, 4) is 0 Å². The Hall–Kier alpha value is -0.570. The van der Waals surface area contributed by atoms with Crippen LogP contribution < -0.4 is 5.32 Å². The maximum atomic E-state index is 6.38. The largest absolute Gasteiger partial charge is 0.308 e. The topological polar surface area (TPSA) is 15.3 Å². The summed E-state index contributed by atoms with van der Waals surface area (Å²) in [5, 5.41) is 4.77. The van der Waals surface area contributed by atoms with Crippen molar-refractivity contribution < 1.29 is 0 Å². The third-order valence-electron chi connectivity index (χ3n) is 5.51. The van der Waals surface area contributed by atoms with Crippen molar-refractivity contribution in [1.29, 1.82) is 0 Å². The van der Waals surface area contributed by atoms with Crippen LogP contribution in [0.15, 0.2) is 24.3 Å². The predicted octanol–water partition coefficient (Wildman–Crippen LogP) is 4.08. The zero-order valence-electron chi connectivity index (χ0n) is 13.2. The lowest BCUT2D eigenvalue weighted by molar-refractivity contribution is 0.0557. The van der Waals surface area contributed by atoms with Crippen LogP contribution in [0.2, 0.25) is 5.02 Å². The van der Waals surface area contributed by atoms with Crippen LogP contribution in [-0.2, 0) is 6.54 Å². The smallest absolute Gasteiger partial charge is 0.0451 e. The summed E-state index contributed by atoms with van der Waals surface area (Å²) < 4.78 is 0. The van der Waals surface area contributed by atoms with Gasteiger partial charge in [0.25, 0.3) is 0 Å². The van der Waals surface area contributed by atoms with Crippen molar-refractivity contribution >= 4 is 11.6 Å². The molecule has 2 nitrogen and oxygen atoms in total. The fraction of sp³-hybridized carbons (Fsp3) is 0.667. The standard InChI is InChI=1S/C18H27ClN2/c1-3-18(4-2)13-21(17(11-20-18)14-9-10-14)12-15-7-5-6-8-16(15)19/h5-8,14,17,20H,3-4,9-13H2,1-2H3. The van der Waals surface area contributed by atoms with Gasteiger partial charge in [-0.2, -0.15) is 0 Å². The van der Waals surface area contributed by atoms with E-state index in [2.05, 4.69) is 36.2 Å². The Bertz CT molecular complexity index is 480. The van der Waals surface area contributed by atoms with E-state index in [1.165, 1.54) is 31.2 Å². The summed E-state index contributed by atoms with van der Waals surface area (Å²) in [6.07, 6.45) is 5.19. The maximum Gasteiger partial charge on any atom is 0.0451 e. The molecule has 0 aromatic heterocycles. The van der Waals surface area contributed by atoms with E-state index in [0.717, 1.165) is 30.6 Å². The number of hydrogen-bond acceptors (Lipinski definition) is 2. The van der Waals surface area contributed by atoms with Crippen LogP contribution in [0, 0.1) is 5.92 Å². The molecule has 21 heavy (non-hydrogen) atoms. The van der Waals surface area contributed by atoms with Crippen LogP contribution in [0.1, 0.15) is 45.1 Å². The number of nitrogens with one attached hydrogen (secondary N) is 1. The van der Waals surface area contributed by atoms with E-state index in [9.17, 15) is 0 Å². The Morgan fingerprint density at radius 1 is 1.24 bits per heavy atom. The molecule has 0 radical (unpaired) electrons. The van der Waals surface area contributed by atoms with Gasteiger partial charge in [0, 0.05) is 36.2 Å². The molecule has 1 saturated carbocycles. The number of rotatable bonds is 5. The molecule has 3 rings (SSSR count). The van der Waals surface area contributed by atoms with Crippen LogP contribution >= 0.6 is 11.6 Å². The molecule has 3 heteroatoms. The van der Waals surface area contributed by atoms with Crippen molar-refractivity contribution in [2.24, 2.45) is 5.92 Å². The van der Waals surface area contributed by atoms with Crippen molar-refractivity contribution in [2.45, 2.75) is 57.7 Å². The van der Waals surface area contributed by atoms with Gasteiger partial charge in [0.05, 0.1) is 0 Å². The zero-order chi connectivity index (χ0) is 14.9. The minimum Gasteiger partial charge on any atom is -0.308 e. The van der Waals surface area contributed by atoms with E-state index in [-0.39, 0.29) is 5.54 Å². The third-order valence-corrected chi connectivity index (χ3v) is 5.88. The Morgan fingerprint density at radius 3 is 2.57 bits per heavy atom. The normalized spacial score (nSPS) is 26.0. The lowest BCUT2D eigenvalue weighted by Crippen LogP contribution is -2.64. The molecule has 0 bridgehead atoms. The van der Waals surface area contributed by atoms with E-state index >= 15 is 0 Å². The number of nitrogens with zero attached hydrogens (tertiary/aromatic N) is 1. The van der Waals surface area contributed by atoms with Crippen LogP contribution in [0.4, 0.5) is 0 Å². The Kier molecular flexibility index (Phi) is 4.58. The van der Waals surface area contributed by atoms with Gasteiger partial charge in [0.1, 0.15) is 0 Å². The first-order chi connectivity index (χ1) is 10.2. The Labute approximate surface area is 133 Å². The van der Waals surface area contributed by atoms with Crippen molar-refractivity contribution in [1.82, 2.24) is 10.2 Å². The maximum absolute atomic E-state index is 6.38. The van der Waals surface area contributed by atoms with Crippen molar-refractivity contribution in [3.05, 3.63) is 34.9 Å². The molecule has 1 aliphatic heterocycles. The summed E-state index contributed by atoms with van der Waals surface area (Å²) >= 11 is 6.38. The molecule has 2 fully saturated rings. The monoisotopic (exact) mass is 306 g/mol. The second-order valence-electron chi connectivity index (χ2n) is 6.77. The van der Waals surface area contributed by atoms with Gasteiger partial charge < -0.3 is 5.32 Å². The van der Waals surface area contributed by atoms with E-state index < -0.39 is 0 Å². The predicted molar refractivity (Wildman–Crippen MR) is 89.7 cm³/mol. The number of hydrogen-bond donors (Lipinski definition) is 1. The van der Waals surface area contributed by atoms with E-state index in [1.54, 1.807) is 0 Å². The second-order valence-corrected chi connectivity index (χ2v) is 7.18. The molecule has 1 heterocycles. The highest BCUT2D eigenvalue weighted by Gasteiger charge is 2.42. The molecule has 1 aliphatic carbocycles. The second kappa shape index (κ2) is 6.28. The van der Waals surface area contributed by atoms with Gasteiger partial charge in [0.15, 0.2) is 0 Å². The zero-order valence-corrected chi connectivity index (χ0v) is 14.0. The first kappa shape index (κ1) is 15.3. The Balaban J connectivity index is 1.79. The minimum atomic E-state index is 0.284. The SMILES string of the molecule is CCC1(CC)CN(Cc2ccccc2Cl)C(C2CC2)CN1. The molecule has 1 saturated heterocycles. The summed E-state index contributed by atoms with van der Waals surface area (Å²) in [5.74, 6) is 0.895. The summed E-state index contributed by atoms with van der Waals surface area (Å²) in [6.45, 7) is 7.89. The molecule has 1 N–H and O–H groups in total. The van der Waals surface area contributed by atoms with Gasteiger partial charge in [-0.15, -0.1) is 0 Å². The average molecular weight is 307 g/mol. The third kappa shape index (κ3) is 3.28. The minimum absolute atomic E-state index is 0.284. The van der Waals surface area contributed by atoms with Crippen LogP contribution in [0.25, 0.3) is 0 Å². The lowest BCUT2D eigenvalue weighted by atomic mass is 9.87. The molecule has 0 spiro atoms. The van der Waals surface area contributed by atoms with Crippen molar-refractivity contribution in [2.75, 3.05) is 13.1 Å². The molecule has 2 aliphatic rings. The van der Waals surface area contributed by atoms with Gasteiger partial charge in [-0.05, 0) is 43.2 Å². The van der Waals surface area contributed by atoms with Gasteiger partial charge in [-0.25, -0.2) is 0 Å². The number of piperazine rings is 1. The fourth-order valence-electron chi connectivity index (χ4n) is 3.70. The highest BCUT2D eigenvalue weighted by Crippen LogP contribution is 2.39. The molecule has 1 aromatic carbocycles. The molecule has 0 amide bonds. The average Bonchev–Trinajstić information content (AvgIpc) is 3.34.